The van der Waals surface area contributed by atoms with Crippen LogP contribution in [0.4, 0.5) is 0 Å². The highest BCUT2D eigenvalue weighted by Crippen LogP contribution is 2.45. The van der Waals surface area contributed by atoms with Gasteiger partial charge >= 0.3 is 0 Å². The quantitative estimate of drug-likeness (QED) is 0.888. The molecule has 0 aromatic heterocycles. The van der Waals surface area contributed by atoms with E-state index in [-0.39, 0.29) is 17.5 Å². The van der Waals surface area contributed by atoms with Crippen molar-refractivity contribution in [2.24, 2.45) is 0 Å². The third-order valence-electron chi connectivity index (χ3n) is 5.25. The largest absolute Gasteiger partial charge is 0.504 e. The lowest BCUT2D eigenvalue weighted by atomic mass is 9.83. The Labute approximate surface area is 141 Å². The predicted molar refractivity (Wildman–Crippen MR) is 89.9 cm³/mol. The highest BCUT2D eigenvalue weighted by atomic mass is 16.5. The van der Waals surface area contributed by atoms with Crippen LogP contribution < -0.4 is 9.47 Å². The average Bonchev–Trinajstić information content (AvgIpc) is 2.60. The maximum absolute atomic E-state index is 10.4. The van der Waals surface area contributed by atoms with Crippen molar-refractivity contribution < 1.29 is 19.7 Å². The summed E-state index contributed by atoms with van der Waals surface area (Å²) in [5, 5.41) is 20.5. The average molecular weight is 327 g/mol. The zero-order valence-electron chi connectivity index (χ0n) is 13.9. The fourth-order valence-electron chi connectivity index (χ4n) is 3.96. The molecule has 0 radical (unpaired) electrons. The minimum atomic E-state index is 0.197. The van der Waals surface area contributed by atoms with Gasteiger partial charge in [-0.2, -0.15) is 0 Å². The molecule has 4 rings (SSSR count). The van der Waals surface area contributed by atoms with Gasteiger partial charge < -0.3 is 19.7 Å². The molecule has 0 fully saturated rings. The van der Waals surface area contributed by atoms with Crippen LogP contribution in [-0.4, -0.2) is 35.9 Å². The van der Waals surface area contributed by atoms with Gasteiger partial charge in [-0.1, -0.05) is 6.07 Å². The molecule has 0 amide bonds. The number of ether oxygens (including phenoxy) is 2. The lowest BCUT2D eigenvalue weighted by molar-refractivity contribution is 0.157. The first kappa shape index (κ1) is 15.1. The van der Waals surface area contributed by atoms with Gasteiger partial charge in [-0.25, -0.2) is 0 Å². The van der Waals surface area contributed by atoms with Crippen LogP contribution in [0, 0.1) is 0 Å². The Hall–Kier alpha value is -2.40. The summed E-state index contributed by atoms with van der Waals surface area (Å²) in [7, 11) is 3.14. The molecule has 0 bridgehead atoms. The van der Waals surface area contributed by atoms with Gasteiger partial charge in [0.1, 0.15) is 0 Å². The number of phenolic OH excluding ortho intramolecular Hbond substituents is 2. The predicted octanol–water partition coefficient (Wildman–Crippen LogP) is 2.77. The van der Waals surface area contributed by atoms with E-state index in [0.29, 0.717) is 18.0 Å². The molecule has 5 nitrogen and oxygen atoms in total. The van der Waals surface area contributed by atoms with Gasteiger partial charge in [-0.3, -0.25) is 4.90 Å². The van der Waals surface area contributed by atoms with E-state index in [0.717, 1.165) is 30.5 Å². The summed E-state index contributed by atoms with van der Waals surface area (Å²) >= 11 is 0. The van der Waals surface area contributed by atoms with E-state index in [1.54, 1.807) is 14.2 Å². The molecule has 2 N–H and O–H groups in total. The molecule has 5 heteroatoms. The van der Waals surface area contributed by atoms with E-state index in [4.69, 9.17) is 9.47 Å². The second kappa shape index (κ2) is 5.60. The second-order valence-corrected chi connectivity index (χ2v) is 6.42. The van der Waals surface area contributed by atoms with Gasteiger partial charge in [0.25, 0.3) is 0 Å². The minimum absolute atomic E-state index is 0.197. The van der Waals surface area contributed by atoms with Crippen LogP contribution in [-0.2, 0) is 19.4 Å². The van der Waals surface area contributed by atoms with E-state index in [2.05, 4.69) is 4.90 Å². The number of benzene rings is 2. The van der Waals surface area contributed by atoms with Crippen molar-refractivity contribution in [2.45, 2.75) is 25.4 Å². The van der Waals surface area contributed by atoms with Crippen molar-refractivity contribution in [3.05, 3.63) is 46.5 Å². The Kier molecular flexibility index (Phi) is 3.53. The van der Waals surface area contributed by atoms with Crippen molar-refractivity contribution in [3.8, 4) is 23.0 Å². The molecule has 1 atom stereocenters. The van der Waals surface area contributed by atoms with E-state index in [1.165, 1.54) is 11.1 Å². The summed E-state index contributed by atoms with van der Waals surface area (Å²) in [6.07, 6.45) is 1.71. The molecule has 24 heavy (non-hydrogen) atoms. The SMILES string of the molecule is COc1cc2c(cc1O)CCN1Cc3c(ccc(OC)c3O)CC21. The molecule has 2 aromatic rings. The lowest BCUT2D eigenvalue weighted by Gasteiger charge is -2.41. The smallest absolute Gasteiger partial charge is 0.162 e. The van der Waals surface area contributed by atoms with Gasteiger partial charge in [-0.15, -0.1) is 0 Å². The number of aromatic hydroxyl groups is 2. The summed E-state index contributed by atoms with van der Waals surface area (Å²) in [6, 6.07) is 7.88. The van der Waals surface area contributed by atoms with Crippen LogP contribution in [0.5, 0.6) is 23.0 Å². The highest BCUT2D eigenvalue weighted by molar-refractivity contribution is 5.53. The van der Waals surface area contributed by atoms with Gasteiger partial charge in [0.2, 0.25) is 0 Å². The fourth-order valence-corrected chi connectivity index (χ4v) is 3.96. The highest BCUT2D eigenvalue weighted by Gasteiger charge is 2.34. The van der Waals surface area contributed by atoms with E-state index in [1.807, 2.05) is 24.3 Å². The maximum Gasteiger partial charge on any atom is 0.162 e. The van der Waals surface area contributed by atoms with Crippen LogP contribution in [0.3, 0.4) is 0 Å². The van der Waals surface area contributed by atoms with Crippen molar-refractivity contribution in [3.63, 3.8) is 0 Å². The van der Waals surface area contributed by atoms with Gasteiger partial charge in [0, 0.05) is 24.7 Å². The fraction of sp³-hybridized carbons (Fsp3) is 0.368. The van der Waals surface area contributed by atoms with Crippen LogP contribution >= 0.6 is 0 Å². The zero-order chi connectivity index (χ0) is 16.8. The molecule has 2 aliphatic heterocycles. The number of nitrogens with zero attached hydrogens (tertiary/aromatic N) is 1. The Morgan fingerprint density at radius 1 is 1.04 bits per heavy atom. The number of hydrogen-bond donors (Lipinski definition) is 2. The standard InChI is InChI=1S/C19H21NO4/c1-23-17-4-3-11-7-15-13-9-18(24-2)16(21)8-12(13)5-6-20(15)10-14(11)19(17)22/h3-4,8-9,15,21-22H,5-7,10H2,1-2H3. The molecule has 2 aliphatic rings. The molecule has 0 saturated heterocycles. The molecule has 2 heterocycles. The molecule has 1 unspecified atom stereocenters. The Morgan fingerprint density at radius 3 is 2.58 bits per heavy atom. The summed E-state index contributed by atoms with van der Waals surface area (Å²) in [5.41, 5.74) is 4.49. The number of rotatable bonds is 2. The number of hydrogen-bond acceptors (Lipinski definition) is 5. The van der Waals surface area contributed by atoms with Crippen LogP contribution in [0.25, 0.3) is 0 Å². The van der Waals surface area contributed by atoms with Gasteiger partial charge in [0.05, 0.1) is 14.2 Å². The van der Waals surface area contributed by atoms with Crippen LogP contribution in [0.15, 0.2) is 24.3 Å². The van der Waals surface area contributed by atoms with E-state index < -0.39 is 0 Å². The zero-order valence-corrected chi connectivity index (χ0v) is 13.9. The number of phenols is 2. The Bertz CT molecular complexity index is 802. The molecule has 0 saturated carbocycles. The maximum atomic E-state index is 10.4. The topological polar surface area (TPSA) is 62.2 Å². The molecular formula is C19H21NO4. The number of fused-ring (bicyclic) bond motifs is 4. The van der Waals surface area contributed by atoms with Crippen LogP contribution in [0.1, 0.15) is 28.3 Å². The van der Waals surface area contributed by atoms with Crippen molar-refractivity contribution in [1.29, 1.82) is 0 Å². The molecule has 2 aromatic carbocycles. The van der Waals surface area contributed by atoms with E-state index in [9.17, 15) is 10.2 Å². The third kappa shape index (κ3) is 2.19. The molecule has 126 valence electrons. The van der Waals surface area contributed by atoms with Gasteiger partial charge in [-0.05, 0) is 47.7 Å². The first-order chi connectivity index (χ1) is 11.6. The van der Waals surface area contributed by atoms with E-state index >= 15 is 0 Å². The number of methoxy groups -OCH3 is 2. The summed E-state index contributed by atoms with van der Waals surface area (Å²) < 4.78 is 10.5. The van der Waals surface area contributed by atoms with Gasteiger partial charge in [0.15, 0.2) is 23.0 Å². The molecular weight excluding hydrogens is 306 g/mol. The lowest BCUT2D eigenvalue weighted by Crippen LogP contribution is -2.39. The molecule has 0 spiro atoms. The minimum Gasteiger partial charge on any atom is -0.504 e. The van der Waals surface area contributed by atoms with Crippen molar-refractivity contribution >= 4 is 0 Å². The van der Waals surface area contributed by atoms with Crippen LogP contribution in [0.2, 0.25) is 0 Å². The Morgan fingerprint density at radius 2 is 1.83 bits per heavy atom. The summed E-state index contributed by atoms with van der Waals surface area (Å²) in [4.78, 5) is 2.38. The first-order valence-electron chi connectivity index (χ1n) is 8.14. The third-order valence-corrected chi connectivity index (χ3v) is 5.25. The molecule has 0 aliphatic carbocycles. The second-order valence-electron chi connectivity index (χ2n) is 6.42. The normalized spacial score (nSPS) is 19.2. The first-order valence-corrected chi connectivity index (χ1v) is 8.14. The summed E-state index contributed by atoms with van der Waals surface area (Å²) in [6.45, 7) is 1.60. The van der Waals surface area contributed by atoms with Crippen molar-refractivity contribution in [1.82, 2.24) is 4.90 Å². The van der Waals surface area contributed by atoms with Crippen molar-refractivity contribution in [2.75, 3.05) is 20.8 Å². The Balaban J connectivity index is 1.77. The summed E-state index contributed by atoms with van der Waals surface area (Å²) in [5.74, 6) is 1.49. The monoisotopic (exact) mass is 327 g/mol.